The maximum Gasteiger partial charge on any atom is 0.306 e. The number of carbonyl (C=O) groups is 2. The van der Waals surface area contributed by atoms with Gasteiger partial charge in [0.25, 0.3) is 0 Å². The molecular formula is C36H70O4. The lowest BCUT2D eigenvalue weighted by Crippen LogP contribution is -2.12. The zero-order valence-corrected chi connectivity index (χ0v) is 27.7. The maximum atomic E-state index is 12.1. The molecule has 0 aromatic rings. The van der Waals surface area contributed by atoms with Gasteiger partial charge in [0, 0.05) is 12.8 Å². The summed E-state index contributed by atoms with van der Waals surface area (Å²) in [5.41, 5.74) is 0. The zero-order chi connectivity index (χ0) is 29.7. The van der Waals surface area contributed by atoms with Crippen LogP contribution < -0.4 is 0 Å². The minimum Gasteiger partial charge on any atom is -0.466 e. The lowest BCUT2D eigenvalue weighted by molar-refractivity contribution is -0.145. The van der Waals surface area contributed by atoms with Crippen LogP contribution in [-0.4, -0.2) is 25.2 Å². The monoisotopic (exact) mass is 567 g/mol. The van der Waals surface area contributed by atoms with Crippen LogP contribution in [0.4, 0.5) is 0 Å². The van der Waals surface area contributed by atoms with E-state index in [-0.39, 0.29) is 11.9 Å². The van der Waals surface area contributed by atoms with Crippen molar-refractivity contribution in [3.8, 4) is 0 Å². The first kappa shape index (κ1) is 38.9. The van der Waals surface area contributed by atoms with Crippen molar-refractivity contribution >= 4 is 11.9 Å². The smallest absolute Gasteiger partial charge is 0.306 e. The summed E-state index contributed by atoms with van der Waals surface area (Å²) in [6.07, 6.45) is 28.1. The SMILES string of the molecule is CCC(CCCCCCCCCCCCCCC(=O)OCCCCCC(C)C)CC(=O)OCCCCCC(C)C. The second-order valence-electron chi connectivity index (χ2n) is 13.2. The molecule has 0 saturated heterocycles. The number of carbonyl (C=O) groups excluding carboxylic acids is 2. The highest BCUT2D eigenvalue weighted by atomic mass is 16.5. The first-order chi connectivity index (χ1) is 19.3. The van der Waals surface area contributed by atoms with Crippen LogP contribution in [-0.2, 0) is 19.1 Å². The van der Waals surface area contributed by atoms with Crippen LogP contribution in [0.5, 0.6) is 0 Å². The van der Waals surface area contributed by atoms with Gasteiger partial charge in [0.2, 0.25) is 0 Å². The summed E-state index contributed by atoms with van der Waals surface area (Å²) < 4.78 is 10.8. The van der Waals surface area contributed by atoms with Gasteiger partial charge < -0.3 is 9.47 Å². The fourth-order valence-corrected chi connectivity index (χ4v) is 5.32. The average Bonchev–Trinajstić information content (AvgIpc) is 2.91. The lowest BCUT2D eigenvalue weighted by Gasteiger charge is -2.14. The van der Waals surface area contributed by atoms with Crippen LogP contribution in [0.2, 0.25) is 0 Å². The molecule has 0 aliphatic heterocycles. The molecule has 238 valence electrons. The molecule has 1 unspecified atom stereocenters. The van der Waals surface area contributed by atoms with Crippen molar-refractivity contribution in [2.75, 3.05) is 13.2 Å². The number of hydrogen-bond acceptors (Lipinski definition) is 4. The van der Waals surface area contributed by atoms with Gasteiger partial charge in [-0.1, -0.05) is 150 Å². The predicted molar refractivity (Wildman–Crippen MR) is 172 cm³/mol. The Hall–Kier alpha value is -1.06. The Morgan fingerprint density at radius 1 is 0.475 bits per heavy atom. The van der Waals surface area contributed by atoms with Gasteiger partial charge in [-0.05, 0) is 43.4 Å². The van der Waals surface area contributed by atoms with E-state index < -0.39 is 0 Å². The van der Waals surface area contributed by atoms with Crippen molar-refractivity contribution < 1.29 is 19.1 Å². The summed E-state index contributed by atoms with van der Waals surface area (Å²) in [5, 5.41) is 0. The molecule has 0 saturated carbocycles. The summed E-state index contributed by atoms with van der Waals surface area (Å²) in [7, 11) is 0. The van der Waals surface area contributed by atoms with Gasteiger partial charge in [-0.2, -0.15) is 0 Å². The Kier molecular flexibility index (Phi) is 28.7. The van der Waals surface area contributed by atoms with Gasteiger partial charge in [-0.25, -0.2) is 0 Å². The molecular weight excluding hydrogens is 496 g/mol. The van der Waals surface area contributed by atoms with Crippen LogP contribution in [0.1, 0.15) is 189 Å². The molecule has 1 atom stereocenters. The Balaban J connectivity index is 3.41. The van der Waals surface area contributed by atoms with E-state index in [0.29, 0.717) is 32.0 Å². The van der Waals surface area contributed by atoms with Gasteiger partial charge in [0.15, 0.2) is 0 Å². The minimum atomic E-state index is -0.00478. The van der Waals surface area contributed by atoms with Crippen LogP contribution >= 0.6 is 0 Å². The Labute approximate surface area is 250 Å². The third-order valence-corrected chi connectivity index (χ3v) is 8.15. The summed E-state index contributed by atoms with van der Waals surface area (Å²) in [4.78, 5) is 24.0. The molecule has 4 nitrogen and oxygen atoms in total. The van der Waals surface area contributed by atoms with Crippen molar-refractivity contribution in [3.05, 3.63) is 0 Å². The molecule has 0 aromatic carbocycles. The molecule has 0 aliphatic carbocycles. The highest BCUT2D eigenvalue weighted by molar-refractivity contribution is 5.69. The van der Waals surface area contributed by atoms with Gasteiger partial charge in [0.1, 0.15) is 0 Å². The largest absolute Gasteiger partial charge is 0.466 e. The zero-order valence-electron chi connectivity index (χ0n) is 27.7. The quantitative estimate of drug-likeness (QED) is 0.0641. The summed E-state index contributed by atoms with van der Waals surface area (Å²) in [5.74, 6) is 2.03. The van der Waals surface area contributed by atoms with Crippen molar-refractivity contribution in [2.24, 2.45) is 17.8 Å². The van der Waals surface area contributed by atoms with Crippen molar-refractivity contribution in [1.82, 2.24) is 0 Å². The highest BCUT2D eigenvalue weighted by Gasteiger charge is 2.13. The maximum absolute atomic E-state index is 12.1. The van der Waals surface area contributed by atoms with Crippen LogP contribution in [0.15, 0.2) is 0 Å². The van der Waals surface area contributed by atoms with E-state index in [1.807, 2.05) is 0 Å². The number of esters is 2. The molecule has 0 amide bonds. The second-order valence-corrected chi connectivity index (χ2v) is 13.2. The number of ether oxygens (including phenoxy) is 2. The molecule has 40 heavy (non-hydrogen) atoms. The van der Waals surface area contributed by atoms with Crippen LogP contribution in [0, 0.1) is 17.8 Å². The molecule has 0 fully saturated rings. The van der Waals surface area contributed by atoms with E-state index in [1.165, 1.54) is 103 Å². The molecule has 0 heterocycles. The highest BCUT2D eigenvalue weighted by Crippen LogP contribution is 2.20. The Morgan fingerprint density at radius 3 is 1.30 bits per heavy atom. The number of hydrogen-bond donors (Lipinski definition) is 0. The van der Waals surface area contributed by atoms with Crippen molar-refractivity contribution in [1.29, 1.82) is 0 Å². The second kappa shape index (κ2) is 29.4. The van der Waals surface area contributed by atoms with Crippen molar-refractivity contribution in [3.63, 3.8) is 0 Å². The van der Waals surface area contributed by atoms with E-state index in [4.69, 9.17) is 9.47 Å². The van der Waals surface area contributed by atoms with Gasteiger partial charge in [-0.15, -0.1) is 0 Å². The first-order valence-electron chi connectivity index (χ1n) is 17.7. The standard InChI is InChI=1S/C36H70O4/c1-6-34(31-36(38)40-30-24-18-20-26-33(4)5)27-21-15-13-11-9-7-8-10-12-14-16-22-28-35(37)39-29-23-17-19-25-32(2)3/h32-34H,6-31H2,1-5H3. The van der Waals surface area contributed by atoms with Gasteiger partial charge in [0.05, 0.1) is 13.2 Å². The Bertz CT molecular complexity index is 557. The summed E-state index contributed by atoms with van der Waals surface area (Å²) in [6.45, 7) is 12.4. The number of unbranched alkanes of at least 4 members (excludes halogenated alkanes) is 15. The van der Waals surface area contributed by atoms with Gasteiger partial charge in [-0.3, -0.25) is 9.59 Å². The molecule has 0 aliphatic rings. The fraction of sp³-hybridized carbons (Fsp3) is 0.944. The molecule has 0 radical (unpaired) electrons. The third kappa shape index (κ3) is 29.9. The third-order valence-electron chi connectivity index (χ3n) is 8.15. The van der Waals surface area contributed by atoms with E-state index in [1.54, 1.807) is 0 Å². The molecule has 0 aromatic heterocycles. The van der Waals surface area contributed by atoms with E-state index in [0.717, 1.165) is 50.4 Å². The van der Waals surface area contributed by atoms with Crippen molar-refractivity contribution in [2.45, 2.75) is 189 Å². The molecule has 4 heteroatoms. The van der Waals surface area contributed by atoms with Crippen LogP contribution in [0.3, 0.4) is 0 Å². The van der Waals surface area contributed by atoms with E-state index >= 15 is 0 Å². The topological polar surface area (TPSA) is 52.6 Å². The normalized spacial score (nSPS) is 12.3. The van der Waals surface area contributed by atoms with E-state index in [9.17, 15) is 9.59 Å². The summed E-state index contributed by atoms with van der Waals surface area (Å²) in [6, 6.07) is 0. The fourth-order valence-electron chi connectivity index (χ4n) is 5.32. The Morgan fingerprint density at radius 2 is 0.850 bits per heavy atom. The minimum absolute atomic E-state index is 0.00478. The number of rotatable bonds is 30. The molecule has 0 spiro atoms. The summed E-state index contributed by atoms with van der Waals surface area (Å²) >= 11 is 0. The van der Waals surface area contributed by atoms with E-state index in [2.05, 4.69) is 34.6 Å². The van der Waals surface area contributed by atoms with Crippen LogP contribution in [0.25, 0.3) is 0 Å². The predicted octanol–water partition coefficient (Wildman–Crippen LogP) is 11.4. The average molecular weight is 567 g/mol. The molecule has 0 N–H and O–H groups in total. The molecule has 0 rings (SSSR count). The lowest BCUT2D eigenvalue weighted by atomic mass is 9.95. The first-order valence-corrected chi connectivity index (χ1v) is 17.7. The van der Waals surface area contributed by atoms with Gasteiger partial charge >= 0.3 is 11.9 Å². The molecule has 0 bridgehead atoms.